The standard InChI is InChI=1S/C17H10F3N3OS/c18-17(19,20)10-5-3-9(4-6-10)12-13-14(11-2-1-7-25-11)22-23-15(24)16(12,13)8-21/h1-7,12-13H,(H,23,24)/t12-,13+,16+/m1/s1. The number of hydrogen-bond donors (Lipinski definition) is 1. The molecule has 1 fully saturated rings. The number of hydrogen-bond acceptors (Lipinski definition) is 4. The third-order valence-electron chi connectivity index (χ3n) is 4.71. The van der Waals surface area contributed by atoms with Crippen molar-refractivity contribution in [1.82, 2.24) is 5.43 Å². The van der Waals surface area contributed by atoms with Crippen molar-refractivity contribution in [3.05, 3.63) is 57.8 Å². The number of benzene rings is 1. The number of thiophene rings is 1. The van der Waals surface area contributed by atoms with E-state index in [0.29, 0.717) is 11.3 Å². The Bertz CT molecular complexity index is 912. The molecule has 2 aliphatic rings. The molecule has 1 amide bonds. The minimum atomic E-state index is -4.43. The minimum Gasteiger partial charge on any atom is -0.271 e. The summed E-state index contributed by atoms with van der Waals surface area (Å²) >= 11 is 1.43. The molecule has 0 saturated heterocycles. The fourth-order valence-electron chi connectivity index (χ4n) is 3.47. The summed E-state index contributed by atoms with van der Waals surface area (Å²) < 4.78 is 38.2. The fourth-order valence-corrected chi connectivity index (χ4v) is 4.23. The van der Waals surface area contributed by atoms with Crippen LogP contribution in [0.15, 0.2) is 46.9 Å². The number of amides is 1. The van der Waals surface area contributed by atoms with Crippen molar-refractivity contribution < 1.29 is 18.0 Å². The lowest BCUT2D eigenvalue weighted by Gasteiger charge is -2.14. The van der Waals surface area contributed by atoms with Gasteiger partial charge in [-0.1, -0.05) is 18.2 Å². The molecule has 1 aromatic carbocycles. The summed E-state index contributed by atoms with van der Waals surface area (Å²) in [5, 5.41) is 15.6. The van der Waals surface area contributed by atoms with E-state index in [1.165, 1.54) is 23.5 Å². The summed E-state index contributed by atoms with van der Waals surface area (Å²) in [6.07, 6.45) is -4.43. The molecule has 1 N–H and O–H groups in total. The Labute approximate surface area is 144 Å². The number of nitrogens with one attached hydrogen (secondary N) is 1. The zero-order valence-electron chi connectivity index (χ0n) is 12.5. The molecule has 4 nitrogen and oxygen atoms in total. The van der Waals surface area contributed by atoms with E-state index in [9.17, 15) is 23.2 Å². The van der Waals surface area contributed by atoms with E-state index in [0.717, 1.165) is 17.0 Å². The van der Waals surface area contributed by atoms with Gasteiger partial charge in [0.25, 0.3) is 5.91 Å². The lowest BCUT2D eigenvalue weighted by molar-refractivity contribution is -0.137. The molecule has 0 spiro atoms. The average molecular weight is 361 g/mol. The topological polar surface area (TPSA) is 65.2 Å². The molecule has 0 unspecified atom stereocenters. The number of carbonyl (C=O) groups is 1. The number of halogens is 3. The first-order valence-electron chi connectivity index (χ1n) is 7.40. The third-order valence-corrected chi connectivity index (χ3v) is 5.60. The van der Waals surface area contributed by atoms with Crippen LogP contribution in [0.3, 0.4) is 0 Å². The molecule has 4 rings (SSSR count). The van der Waals surface area contributed by atoms with Crippen LogP contribution in [-0.2, 0) is 11.0 Å². The van der Waals surface area contributed by atoms with Crippen LogP contribution >= 0.6 is 11.3 Å². The van der Waals surface area contributed by atoms with Crippen molar-refractivity contribution in [2.24, 2.45) is 16.4 Å². The maximum Gasteiger partial charge on any atom is 0.416 e. The van der Waals surface area contributed by atoms with Crippen molar-refractivity contribution in [3.8, 4) is 6.07 Å². The van der Waals surface area contributed by atoms with Gasteiger partial charge in [0.2, 0.25) is 0 Å². The highest BCUT2D eigenvalue weighted by molar-refractivity contribution is 7.12. The summed E-state index contributed by atoms with van der Waals surface area (Å²) in [6, 6.07) is 10.4. The second kappa shape index (κ2) is 5.17. The maximum atomic E-state index is 12.7. The second-order valence-electron chi connectivity index (χ2n) is 5.97. The van der Waals surface area contributed by atoms with E-state index in [1.54, 1.807) is 0 Å². The van der Waals surface area contributed by atoms with Crippen molar-refractivity contribution in [2.45, 2.75) is 12.1 Å². The monoisotopic (exact) mass is 361 g/mol. The van der Waals surface area contributed by atoms with Gasteiger partial charge in [0.1, 0.15) is 0 Å². The van der Waals surface area contributed by atoms with Crippen LogP contribution in [0.1, 0.15) is 21.9 Å². The van der Waals surface area contributed by atoms with Gasteiger partial charge in [-0.05, 0) is 29.1 Å². The molecule has 1 saturated carbocycles. The van der Waals surface area contributed by atoms with Gasteiger partial charge in [0, 0.05) is 11.8 Å². The molecule has 1 aliphatic heterocycles. The first-order valence-corrected chi connectivity index (χ1v) is 8.28. The largest absolute Gasteiger partial charge is 0.416 e. The molecule has 8 heteroatoms. The van der Waals surface area contributed by atoms with E-state index in [1.807, 2.05) is 17.5 Å². The highest BCUT2D eigenvalue weighted by Crippen LogP contribution is 2.67. The van der Waals surface area contributed by atoms with E-state index in [-0.39, 0.29) is 0 Å². The van der Waals surface area contributed by atoms with Gasteiger partial charge in [-0.15, -0.1) is 11.3 Å². The number of nitrogens with zero attached hydrogens (tertiary/aromatic N) is 2. The molecule has 2 aromatic rings. The van der Waals surface area contributed by atoms with Crippen LogP contribution in [-0.4, -0.2) is 11.6 Å². The predicted octanol–water partition coefficient (Wildman–Crippen LogP) is 3.52. The van der Waals surface area contributed by atoms with E-state index in [2.05, 4.69) is 16.6 Å². The number of hydrazone groups is 1. The van der Waals surface area contributed by atoms with Gasteiger partial charge in [-0.3, -0.25) is 4.79 Å². The third kappa shape index (κ3) is 2.19. The Kier molecular flexibility index (Phi) is 3.27. The van der Waals surface area contributed by atoms with Gasteiger partial charge in [-0.25, -0.2) is 5.43 Å². The molecule has 126 valence electrons. The lowest BCUT2D eigenvalue weighted by atomic mass is 9.98. The van der Waals surface area contributed by atoms with Crippen molar-refractivity contribution in [3.63, 3.8) is 0 Å². The van der Waals surface area contributed by atoms with Crippen molar-refractivity contribution >= 4 is 23.0 Å². The van der Waals surface area contributed by atoms with E-state index >= 15 is 0 Å². The van der Waals surface area contributed by atoms with Gasteiger partial charge >= 0.3 is 6.18 Å². The normalized spacial score (nSPS) is 27.8. The van der Waals surface area contributed by atoms with Crippen molar-refractivity contribution in [1.29, 1.82) is 5.26 Å². The van der Waals surface area contributed by atoms with Crippen LogP contribution in [0.5, 0.6) is 0 Å². The molecule has 1 aliphatic carbocycles. The van der Waals surface area contributed by atoms with Crippen LogP contribution in [0.25, 0.3) is 0 Å². The van der Waals surface area contributed by atoms with Crippen LogP contribution in [0, 0.1) is 22.7 Å². The lowest BCUT2D eigenvalue weighted by Crippen LogP contribution is -2.35. The van der Waals surface area contributed by atoms with E-state index in [4.69, 9.17) is 0 Å². The Morgan fingerprint density at radius 2 is 1.92 bits per heavy atom. The zero-order chi connectivity index (χ0) is 17.8. The number of carbonyl (C=O) groups excluding carboxylic acids is 1. The van der Waals surface area contributed by atoms with Gasteiger partial charge in [0.15, 0.2) is 5.41 Å². The molecular formula is C17H10F3N3OS. The SMILES string of the molecule is N#C[C@@]12C(=O)NN=C(c3cccs3)[C@@H]1[C@H]2c1ccc(C(F)(F)F)cc1. The molecular weight excluding hydrogens is 351 g/mol. The molecule has 25 heavy (non-hydrogen) atoms. The first-order chi connectivity index (χ1) is 11.9. The highest BCUT2D eigenvalue weighted by atomic mass is 32.1. The molecule has 3 atom stereocenters. The Morgan fingerprint density at radius 1 is 1.20 bits per heavy atom. The van der Waals surface area contributed by atoms with Gasteiger partial charge in [-0.2, -0.15) is 23.5 Å². The minimum absolute atomic E-state index is 0.457. The van der Waals surface area contributed by atoms with Gasteiger partial charge < -0.3 is 0 Å². The number of fused-ring (bicyclic) bond motifs is 1. The first kappa shape index (κ1) is 15.8. The van der Waals surface area contributed by atoms with Crippen LogP contribution < -0.4 is 5.43 Å². The average Bonchev–Trinajstić information content (AvgIpc) is 2.98. The second-order valence-corrected chi connectivity index (χ2v) is 6.92. The molecule has 0 bridgehead atoms. The smallest absolute Gasteiger partial charge is 0.271 e. The summed E-state index contributed by atoms with van der Waals surface area (Å²) in [4.78, 5) is 13.1. The number of rotatable bonds is 2. The Morgan fingerprint density at radius 3 is 2.48 bits per heavy atom. The van der Waals surface area contributed by atoms with E-state index < -0.39 is 34.9 Å². The number of nitriles is 1. The Hall–Kier alpha value is -2.66. The quantitative estimate of drug-likeness (QED) is 0.889. The summed E-state index contributed by atoms with van der Waals surface area (Å²) in [5.74, 6) is -1.48. The van der Waals surface area contributed by atoms with Crippen LogP contribution in [0.2, 0.25) is 0 Å². The number of alkyl halides is 3. The molecule has 0 radical (unpaired) electrons. The predicted molar refractivity (Wildman–Crippen MR) is 84.7 cm³/mol. The van der Waals surface area contributed by atoms with Gasteiger partial charge in [0.05, 0.1) is 22.2 Å². The summed E-state index contributed by atoms with van der Waals surface area (Å²) in [5.41, 5.74) is 1.44. The zero-order valence-corrected chi connectivity index (χ0v) is 13.4. The fraction of sp³-hybridized carbons (Fsp3) is 0.235. The molecule has 2 heterocycles. The van der Waals surface area contributed by atoms with Crippen LogP contribution in [0.4, 0.5) is 13.2 Å². The van der Waals surface area contributed by atoms with Crippen molar-refractivity contribution in [2.75, 3.05) is 0 Å². The molecule has 1 aromatic heterocycles. The Balaban J connectivity index is 1.75. The summed E-state index contributed by atoms with van der Waals surface area (Å²) in [7, 11) is 0. The summed E-state index contributed by atoms with van der Waals surface area (Å²) in [6.45, 7) is 0. The maximum absolute atomic E-state index is 12.7. The highest BCUT2D eigenvalue weighted by Gasteiger charge is 2.74.